The highest BCUT2D eigenvalue weighted by Gasteiger charge is 2.26. The molecular formula is C19H37NO. The third-order valence-corrected chi connectivity index (χ3v) is 5.14. The number of likely N-dealkylation sites (tertiary alicyclic amines) is 1. The van der Waals surface area contributed by atoms with E-state index in [0.717, 1.165) is 31.8 Å². The van der Waals surface area contributed by atoms with Crippen LogP contribution in [0.4, 0.5) is 0 Å². The second kappa shape index (κ2) is 11.1. The normalized spacial score (nSPS) is 18.0. The summed E-state index contributed by atoms with van der Waals surface area (Å²) in [6.07, 6.45) is 13.8. The Balaban J connectivity index is 2.26. The molecule has 0 N–H and O–H groups in total. The minimum atomic E-state index is 0.283. The van der Waals surface area contributed by atoms with Gasteiger partial charge in [0.15, 0.2) is 0 Å². The van der Waals surface area contributed by atoms with E-state index in [-0.39, 0.29) is 5.92 Å². The minimum absolute atomic E-state index is 0.283. The lowest BCUT2D eigenvalue weighted by Gasteiger charge is -2.34. The fraction of sp³-hybridized carbons (Fsp3) is 0.947. The predicted molar refractivity (Wildman–Crippen MR) is 91.4 cm³/mol. The molecular weight excluding hydrogens is 258 g/mol. The molecule has 0 aromatic rings. The Labute approximate surface area is 132 Å². The summed E-state index contributed by atoms with van der Waals surface area (Å²) in [5.41, 5.74) is 0. The number of piperidine rings is 1. The van der Waals surface area contributed by atoms with Crippen molar-refractivity contribution in [3.8, 4) is 0 Å². The van der Waals surface area contributed by atoms with Crippen LogP contribution in [0.3, 0.4) is 0 Å². The molecule has 1 aliphatic heterocycles. The standard InChI is InChI=1S/C19H37NO/c1-4-7-9-10-11-17-13-15-20(16-14-17)19(21)18(6-3)12-8-5-2/h17-18H,4-16H2,1-3H3. The van der Waals surface area contributed by atoms with Crippen LogP contribution >= 0.6 is 0 Å². The van der Waals surface area contributed by atoms with Crippen LogP contribution in [0.25, 0.3) is 0 Å². The second-order valence-corrected chi connectivity index (χ2v) is 6.87. The van der Waals surface area contributed by atoms with Crippen molar-refractivity contribution >= 4 is 5.91 Å². The molecule has 1 heterocycles. The fourth-order valence-electron chi connectivity index (χ4n) is 3.51. The molecule has 1 amide bonds. The zero-order valence-electron chi connectivity index (χ0n) is 14.7. The Hall–Kier alpha value is -0.530. The van der Waals surface area contributed by atoms with Gasteiger partial charge in [-0.15, -0.1) is 0 Å². The first-order valence-electron chi connectivity index (χ1n) is 9.51. The molecule has 21 heavy (non-hydrogen) atoms. The van der Waals surface area contributed by atoms with Gasteiger partial charge in [-0.25, -0.2) is 0 Å². The number of rotatable bonds is 10. The Morgan fingerprint density at radius 1 is 1.00 bits per heavy atom. The highest BCUT2D eigenvalue weighted by molar-refractivity contribution is 5.78. The SMILES string of the molecule is CCCCCCC1CCN(C(=O)C(CC)CCCC)CC1. The largest absolute Gasteiger partial charge is 0.342 e. The number of hydrogen-bond donors (Lipinski definition) is 0. The quantitative estimate of drug-likeness (QED) is 0.493. The van der Waals surface area contributed by atoms with Crippen molar-refractivity contribution in [1.82, 2.24) is 4.90 Å². The summed E-state index contributed by atoms with van der Waals surface area (Å²) in [6, 6.07) is 0. The molecule has 2 heteroatoms. The van der Waals surface area contributed by atoms with Gasteiger partial charge in [0.2, 0.25) is 5.91 Å². The van der Waals surface area contributed by atoms with Crippen LogP contribution in [-0.2, 0) is 4.79 Å². The van der Waals surface area contributed by atoms with E-state index >= 15 is 0 Å². The molecule has 0 bridgehead atoms. The van der Waals surface area contributed by atoms with E-state index in [1.165, 1.54) is 57.8 Å². The van der Waals surface area contributed by atoms with Crippen molar-refractivity contribution in [2.24, 2.45) is 11.8 Å². The first-order valence-corrected chi connectivity index (χ1v) is 9.51. The van der Waals surface area contributed by atoms with Gasteiger partial charge < -0.3 is 4.90 Å². The van der Waals surface area contributed by atoms with Gasteiger partial charge in [-0.2, -0.15) is 0 Å². The van der Waals surface area contributed by atoms with Crippen molar-refractivity contribution < 1.29 is 4.79 Å². The van der Waals surface area contributed by atoms with Crippen LogP contribution in [0.5, 0.6) is 0 Å². The maximum absolute atomic E-state index is 12.6. The van der Waals surface area contributed by atoms with E-state index in [2.05, 4.69) is 25.7 Å². The maximum atomic E-state index is 12.6. The lowest BCUT2D eigenvalue weighted by Crippen LogP contribution is -2.41. The summed E-state index contributed by atoms with van der Waals surface area (Å²) in [4.78, 5) is 14.7. The first-order chi connectivity index (χ1) is 10.2. The number of hydrogen-bond acceptors (Lipinski definition) is 1. The van der Waals surface area contributed by atoms with Crippen LogP contribution in [-0.4, -0.2) is 23.9 Å². The van der Waals surface area contributed by atoms with Crippen LogP contribution in [0.2, 0.25) is 0 Å². The van der Waals surface area contributed by atoms with Crippen LogP contribution < -0.4 is 0 Å². The second-order valence-electron chi connectivity index (χ2n) is 6.87. The van der Waals surface area contributed by atoms with E-state index in [1.54, 1.807) is 0 Å². The Bertz CT molecular complexity index is 269. The third-order valence-electron chi connectivity index (χ3n) is 5.14. The lowest BCUT2D eigenvalue weighted by molar-refractivity contribution is -0.137. The van der Waals surface area contributed by atoms with E-state index in [9.17, 15) is 4.79 Å². The lowest BCUT2D eigenvalue weighted by atomic mass is 9.89. The summed E-state index contributed by atoms with van der Waals surface area (Å²) < 4.78 is 0. The van der Waals surface area contributed by atoms with E-state index < -0.39 is 0 Å². The first kappa shape index (κ1) is 18.5. The molecule has 0 aliphatic carbocycles. The molecule has 1 fully saturated rings. The van der Waals surface area contributed by atoms with Crippen LogP contribution in [0, 0.1) is 11.8 Å². The van der Waals surface area contributed by atoms with E-state index in [1.807, 2.05) is 0 Å². The van der Waals surface area contributed by atoms with Gasteiger partial charge >= 0.3 is 0 Å². The number of carbonyl (C=O) groups excluding carboxylic acids is 1. The highest BCUT2D eigenvalue weighted by Crippen LogP contribution is 2.25. The molecule has 1 rings (SSSR count). The summed E-state index contributed by atoms with van der Waals surface area (Å²) >= 11 is 0. The third kappa shape index (κ3) is 6.84. The zero-order valence-corrected chi connectivity index (χ0v) is 14.7. The van der Waals surface area contributed by atoms with Crippen molar-refractivity contribution in [3.05, 3.63) is 0 Å². The Kier molecular flexibility index (Phi) is 9.78. The Morgan fingerprint density at radius 2 is 1.67 bits per heavy atom. The van der Waals surface area contributed by atoms with Gasteiger partial charge in [-0.1, -0.05) is 65.7 Å². The monoisotopic (exact) mass is 295 g/mol. The summed E-state index contributed by atoms with van der Waals surface area (Å²) in [5, 5.41) is 0. The molecule has 0 radical (unpaired) electrons. The molecule has 0 saturated carbocycles. The van der Waals surface area contributed by atoms with Gasteiger partial charge in [0, 0.05) is 19.0 Å². The predicted octanol–water partition coefficient (Wildman–Crippen LogP) is 5.41. The number of nitrogens with zero attached hydrogens (tertiary/aromatic N) is 1. The molecule has 124 valence electrons. The molecule has 0 aromatic carbocycles. The van der Waals surface area contributed by atoms with Crippen molar-refractivity contribution in [2.75, 3.05) is 13.1 Å². The zero-order chi connectivity index (χ0) is 15.5. The van der Waals surface area contributed by atoms with Gasteiger partial charge in [0.25, 0.3) is 0 Å². The highest BCUT2D eigenvalue weighted by atomic mass is 16.2. The smallest absolute Gasteiger partial charge is 0.225 e. The minimum Gasteiger partial charge on any atom is -0.342 e. The molecule has 0 spiro atoms. The Morgan fingerprint density at radius 3 is 2.24 bits per heavy atom. The van der Waals surface area contributed by atoms with Gasteiger partial charge in [0.05, 0.1) is 0 Å². The fourth-order valence-corrected chi connectivity index (χ4v) is 3.51. The van der Waals surface area contributed by atoms with Crippen LogP contribution in [0.15, 0.2) is 0 Å². The maximum Gasteiger partial charge on any atom is 0.225 e. The summed E-state index contributed by atoms with van der Waals surface area (Å²) in [6.45, 7) is 8.67. The van der Waals surface area contributed by atoms with Gasteiger partial charge in [0.1, 0.15) is 0 Å². The molecule has 0 aromatic heterocycles. The van der Waals surface area contributed by atoms with E-state index in [4.69, 9.17) is 0 Å². The van der Waals surface area contributed by atoms with Crippen molar-refractivity contribution in [1.29, 1.82) is 0 Å². The average Bonchev–Trinajstić information content (AvgIpc) is 2.52. The molecule has 1 saturated heterocycles. The molecule has 1 atom stereocenters. The van der Waals surface area contributed by atoms with Crippen molar-refractivity contribution in [3.63, 3.8) is 0 Å². The van der Waals surface area contributed by atoms with Gasteiger partial charge in [-0.3, -0.25) is 4.79 Å². The molecule has 1 unspecified atom stereocenters. The summed E-state index contributed by atoms with van der Waals surface area (Å²) in [7, 11) is 0. The molecule has 1 aliphatic rings. The van der Waals surface area contributed by atoms with E-state index in [0.29, 0.717) is 5.91 Å². The van der Waals surface area contributed by atoms with Gasteiger partial charge in [-0.05, 0) is 31.6 Å². The number of unbranched alkanes of at least 4 members (excludes halogenated alkanes) is 4. The molecule has 2 nitrogen and oxygen atoms in total. The average molecular weight is 296 g/mol. The van der Waals surface area contributed by atoms with Crippen molar-refractivity contribution in [2.45, 2.75) is 91.4 Å². The number of amides is 1. The topological polar surface area (TPSA) is 20.3 Å². The summed E-state index contributed by atoms with van der Waals surface area (Å²) in [5.74, 6) is 1.60. The van der Waals surface area contributed by atoms with Crippen LogP contribution in [0.1, 0.15) is 91.4 Å². The number of carbonyl (C=O) groups is 1.